The highest BCUT2D eigenvalue weighted by molar-refractivity contribution is 5.90. The van der Waals surface area contributed by atoms with E-state index in [0.717, 1.165) is 16.6 Å². The molecule has 2 N–H and O–H groups in total. The topological polar surface area (TPSA) is 84.3 Å². The summed E-state index contributed by atoms with van der Waals surface area (Å²) in [6.45, 7) is 2.11. The Bertz CT molecular complexity index is 1160. The van der Waals surface area contributed by atoms with E-state index in [0.29, 0.717) is 23.3 Å². The van der Waals surface area contributed by atoms with Gasteiger partial charge in [0.25, 0.3) is 0 Å². The van der Waals surface area contributed by atoms with Crippen LogP contribution in [0.25, 0.3) is 10.9 Å². The third-order valence-corrected chi connectivity index (χ3v) is 4.81. The number of hydrogen-bond donors (Lipinski definition) is 2. The Morgan fingerprint density at radius 2 is 1.87 bits per heavy atom. The van der Waals surface area contributed by atoms with E-state index in [1.807, 2.05) is 48.5 Å². The van der Waals surface area contributed by atoms with Gasteiger partial charge in [0, 0.05) is 35.2 Å². The molecule has 0 radical (unpaired) electrons. The maximum Gasteiger partial charge on any atom is 0.338 e. The first-order valence-corrected chi connectivity index (χ1v) is 9.67. The molecule has 0 saturated carbocycles. The predicted molar refractivity (Wildman–Crippen MR) is 116 cm³/mol. The summed E-state index contributed by atoms with van der Waals surface area (Å²) < 4.78 is 5.04. The number of nitrogens with zero attached hydrogens (tertiary/aromatic N) is 2. The molecule has 2 aromatic carbocycles. The lowest BCUT2D eigenvalue weighted by Gasteiger charge is -2.22. The Kier molecular flexibility index (Phi) is 5.57. The van der Waals surface area contributed by atoms with Crippen molar-refractivity contribution < 1.29 is 14.6 Å². The fourth-order valence-corrected chi connectivity index (χ4v) is 3.35. The van der Waals surface area contributed by atoms with Crippen LogP contribution in [0.4, 0.5) is 5.69 Å². The average molecular weight is 399 g/mol. The zero-order valence-electron chi connectivity index (χ0n) is 16.4. The van der Waals surface area contributed by atoms with Gasteiger partial charge in [0.1, 0.15) is 11.3 Å². The number of phenolic OH excluding ortho intramolecular Hbond substituents is 1. The number of ether oxygens (including phenoxy) is 1. The molecule has 2 aromatic heterocycles. The van der Waals surface area contributed by atoms with Crippen molar-refractivity contribution in [3.05, 3.63) is 95.9 Å². The summed E-state index contributed by atoms with van der Waals surface area (Å²) in [7, 11) is 0. The Morgan fingerprint density at radius 1 is 1.07 bits per heavy atom. The van der Waals surface area contributed by atoms with E-state index in [9.17, 15) is 9.90 Å². The van der Waals surface area contributed by atoms with Crippen molar-refractivity contribution in [2.75, 3.05) is 11.9 Å². The maximum absolute atomic E-state index is 11.9. The van der Waals surface area contributed by atoms with E-state index in [1.54, 1.807) is 37.6 Å². The molecule has 30 heavy (non-hydrogen) atoms. The number of rotatable bonds is 6. The monoisotopic (exact) mass is 399 g/mol. The van der Waals surface area contributed by atoms with Crippen LogP contribution in [-0.4, -0.2) is 27.7 Å². The minimum atomic E-state index is -0.362. The van der Waals surface area contributed by atoms with Gasteiger partial charge in [0.15, 0.2) is 0 Å². The molecule has 0 spiro atoms. The molecular formula is C24H21N3O3. The Balaban J connectivity index is 1.72. The molecular weight excluding hydrogens is 378 g/mol. The molecule has 0 saturated heterocycles. The smallest absolute Gasteiger partial charge is 0.338 e. The van der Waals surface area contributed by atoms with Gasteiger partial charge in [-0.25, -0.2) is 4.79 Å². The molecule has 0 fully saturated rings. The number of nitrogens with one attached hydrogen (secondary N) is 1. The van der Waals surface area contributed by atoms with Crippen LogP contribution in [0, 0.1) is 0 Å². The summed E-state index contributed by atoms with van der Waals surface area (Å²) in [6, 6.07) is 18.0. The second-order valence-electron chi connectivity index (χ2n) is 6.74. The number of pyridine rings is 2. The quantitative estimate of drug-likeness (QED) is 0.457. The number of aromatic hydroxyl groups is 1. The second kappa shape index (κ2) is 8.61. The van der Waals surface area contributed by atoms with Crippen molar-refractivity contribution in [1.29, 1.82) is 0 Å². The lowest BCUT2D eigenvalue weighted by Crippen LogP contribution is -2.13. The van der Waals surface area contributed by atoms with E-state index in [1.165, 1.54) is 0 Å². The predicted octanol–water partition coefficient (Wildman–Crippen LogP) is 4.71. The number of aromatic nitrogens is 2. The van der Waals surface area contributed by atoms with E-state index in [-0.39, 0.29) is 17.8 Å². The molecule has 2 heterocycles. The van der Waals surface area contributed by atoms with Crippen LogP contribution in [0.3, 0.4) is 0 Å². The maximum atomic E-state index is 11.9. The fourth-order valence-electron chi connectivity index (χ4n) is 3.35. The van der Waals surface area contributed by atoms with Crippen LogP contribution in [0.1, 0.15) is 34.5 Å². The molecule has 6 nitrogen and oxygen atoms in total. The molecule has 150 valence electrons. The van der Waals surface area contributed by atoms with Crippen molar-refractivity contribution in [1.82, 2.24) is 9.97 Å². The van der Waals surface area contributed by atoms with Gasteiger partial charge in [-0.2, -0.15) is 0 Å². The number of fused-ring (bicyclic) bond motifs is 1. The Labute approximate surface area is 174 Å². The molecule has 0 aliphatic heterocycles. The molecule has 4 rings (SSSR count). The minimum absolute atomic E-state index is 0.123. The van der Waals surface area contributed by atoms with Gasteiger partial charge in [-0.15, -0.1) is 0 Å². The summed E-state index contributed by atoms with van der Waals surface area (Å²) in [6.07, 6.45) is 5.12. The normalized spacial score (nSPS) is 11.8. The van der Waals surface area contributed by atoms with Gasteiger partial charge < -0.3 is 15.2 Å². The number of esters is 1. The number of carbonyl (C=O) groups excluding carboxylic acids is 1. The van der Waals surface area contributed by atoms with Gasteiger partial charge in [-0.05, 0) is 48.9 Å². The number of benzene rings is 2. The molecule has 0 aliphatic carbocycles. The van der Waals surface area contributed by atoms with E-state index in [2.05, 4.69) is 15.3 Å². The van der Waals surface area contributed by atoms with Gasteiger partial charge in [-0.1, -0.05) is 24.3 Å². The molecule has 6 heteroatoms. The third kappa shape index (κ3) is 3.93. The fraction of sp³-hybridized carbons (Fsp3) is 0.125. The summed E-state index contributed by atoms with van der Waals surface area (Å²) in [4.78, 5) is 20.5. The first-order chi connectivity index (χ1) is 14.7. The minimum Gasteiger partial charge on any atom is -0.505 e. The van der Waals surface area contributed by atoms with E-state index in [4.69, 9.17) is 4.74 Å². The third-order valence-electron chi connectivity index (χ3n) is 4.81. The lowest BCUT2D eigenvalue weighted by atomic mass is 9.97. The van der Waals surface area contributed by atoms with Crippen LogP contribution < -0.4 is 5.32 Å². The van der Waals surface area contributed by atoms with E-state index >= 15 is 0 Å². The summed E-state index contributed by atoms with van der Waals surface area (Å²) in [5.74, 6) is -0.233. The number of carbonyl (C=O) groups is 1. The van der Waals surface area contributed by atoms with Crippen LogP contribution in [0.5, 0.6) is 5.75 Å². The average Bonchev–Trinajstić information content (AvgIpc) is 2.79. The Hall–Kier alpha value is -3.93. The molecule has 0 amide bonds. The van der Waals surface area contributed by atoms with Crippen molar-refractivity contribution in [2.24, 2.45) is 0 Å². The second-order valence-corrected chi connectivity index (χ2v) is 6.74. The highest BCUT2D eigenvalue weighted by Gasteiger charge is 2.20. The SMILES string of the molecule is CCOC(=O)c1ccc(N[C@H](c2cccnc2)c2ccc3cccnc3c2O)cc1. The largest absolute Gasteiger partial charge is 0.505 e. The van der Waals surface area contributed by atoms with Crippen LogP contribution in [0.15, 0.2) is 79.3 Å². The highest BCUT2D eigenvalue weighted by atomic mass is 16.5. The van der Waals surface area contributed by atoms with Crippen LogP contribution in [-0.2, 0) is 4.74 Å². The summed E-state index contributed by atoms with van der Waals surface area (Å²) in [5, 5.41) is 15.2. The van der Waals surface area contributed by atoms with Crippen LogP contribution >= 0.6 is 0 Å². The zero-order valence-corrected chi connectivity index (χ0v) is 16.4. The first kappa shape index (κ1) is 19.4. The Morgan fingerprint density at radius 3 is 2.60 bits per heavy atom. The zero-order chi connectivity index (χ0) is 20.9. The van der Waals surface area contributed by atoms with Gasteiger partial charge in [0.05, 0.1) is 18.2 Å². The number of phenols is 1. The lowest BCUT2D eigenvalue weighted by molar-refractivity contribution is 0.0526. The van der Waals surface area contributed by atoms with Crippen molar-refractivity contribution >= 4 is 22.6 Å². The summed E-state index contributed by atoms with van der Waals surface area (Å²) >= 11 is 0. The van der Waals surface area contributed by atoms with Crippen LogP contribution in [0.2, 0.25) is 0 Å². The van der Waals surface area contributed by atoms with Gasteiger partial charge in [-0.3, -0.25) is 9.97 Å². The first-order valence-electron chi connectivity index (χ1n) is 9.67. The summed E-state index contributed by atoms with van der Waals surface area (Å²) in [5.41, 5.74) is 3.39. The van der Waals surface area contributed by atoms with Gasteiger partial charge >= 0.3 is 5.97 Å². The molecule has 1 atom stereocenters. The molecule has 0 unspecified atom stereocenters. The molecule has 0 aliphatic rings. The van der Waals surface area contributed by atoms with E-state index < -0.39 is 0 Å². The molecule has 4 aromatic rings. The van der Waals surface area contributed by atoms with Crippen molar-refractivity contribution in [2.45, 2.75) is 13.0 Å². The number of hydrogen-bond acceptors (Lipinski definition) is 6. The number of anilines is 1. The van der Waals surface area contributed by atoms with Gasteiger partial charge in [0.2, 0.25) is 0 Å². The molecule has 0 bridgehead atoms. The van der Waals surface area contributed by atoms with Crippen molar-refractivity contribution in [3.8, 4) is 5.75 Å². The highest BCUT2D eigenvalue weighted by Crippen LogP contribution is 2.36. The standard InChI is InChI=1S/C24H21N3O3/c1-2-30-24(29)17-7-10-19(11-8-17)27-21(18-6-3-13-25-15-18)20-12-9-16-5-4-14-26-22(16)23(20)28/h3-15,21,27-28H,2H2,1H3/t21-/m1/s1. The van der Waals surface area contributed by atoms with Crippen molar-refractivity contribution in [3.63, 3.8) is 0 Å².